The van der Waals surface area contributed by atoms with Crippen molar-refractivity contribution in [1.82, 2.24) is 9.97 Å². The molecule has 0 radical (unpaired) electrons. The highest BCUT2D eigenvalue weighted by molar-refractivity contribution is 7.27. The van der Waals surface area contributed by atoms with E-state index in [1.165, 1.54) is 6.20 Å². The highest BCUT2D eigenvalue weighted by Gasteiger charge is 2.22. The molecule has 0 saturated carbocycles. The van der Waals surface area contributed by atoms with E-state index in [4.69, 9.17) is 33.0 Å². The first kappa shape index (κ1) is 20.9. The number of hydrogen-bond acceptors (Lipinski definition) is 4. The molecule has 5 nitrogen and oxygen atoms in total. The molecule has 0 fully saturated rings. The molecule has 3 N–H and O–H groups in total. The largest absolute Gasteiger partial charge is 0.490 e. The topological polar surface area (TPSA) is 78.4 Å². The maximum absolute atomic E-state index is 10.9. The zero-order valence-corrected chi connectivity index (χ0v) is 17.1. The SMILES string of the molecule is CC.OCCOc1ccc(P)c(C(O)c2c[nH]c3ncc(Cl)cc23)c1Cl. The molecule has 2 aromatic heterocycles. The van der Waals surface area contributed by atoms with Crippen LogP contribution < -0.4 is 10.0 Å². The van der Waals surface area contributed by atoms with Crippen molar-refractivity contribution in [2.24, 2.45) is 0 Å². The Morgan fingerprint density at radius 2 is 2.04 bits per heavy atom. The van der Waals surface area contributed by atoms with Crippen molar-refractivity contribution >= 4 is 48.8 Å². The van der Waals surface area contributed by atoms with Crippen molar-refractivity contribution < 1.29 is 14.9 Å². The van der Waals surface area contributed by atoms with E-state index in [2.05, 4.69) is 19.2 Å². The summed E-state index contributed by atoms with van der Waals surface area (Å²) in [4.78, 5) is 7.20. The minimum atomic E-state index is -0.989. The zero-order valence-electron chi connectivity index (χ0n) is 14.5. The highest BCUT2D eigenvalue weighted by Crippen LogP contribution is 2.37. The third-order valence-electron chi connectivity index (χ3n) is 3.62. The second-order valence-electron chi connectivity index (χ2n) is 5.15. The van der Waals surface area contributed by atoms with Gasteiger partial charge in [0, 0.05) is 28.9 Å². The third kappa shape index (κ3) is 4.30. The van der Waals surface area contributed by atoms with Crippen LogP contribution in [0.1, 0.15) is 31.1 Å². The van der Waals surface area contributed by atoms with Crippen LogP contribution >= 0.6 is 32.4 Å². The number of aliphatic hydroxyl groups is 2. The number of rotatable bonds is 5. The Labute approximate surface area is 164 Å². The molecule has 3 rings (SSSR count). The highest BCUT2D eigenvalue weighted by atomic mass is 35.5. The van der Waals surface area contributed by atoms with Gasteiger partial charge in [0.2, 0.25) is 0 Å². The smallest absolute Gasteiger partial charge is 0.138 e. The van der Waals surface area contributed by atoms with Crippen LogP contribution in [-0.4, -0.2) is 33.4 Å². The Bertz CT molecular complexity index is 886. The molecule has 2 heterocycles. The number of hydrogen-bond donors (Lipinski definition) is 3. The van der Waals surface area contributed by atoms with E-state index in [9.17, 15) is 5.11 Å². The number of aromatic amines is 1. The monoisotopic (exact) mass is 414 g/mol. The predicted molar refractivity (Wildman–Crippen MR) is 110 cm³/mol. The van der Waals surface area contributed by atoms with Crippen LogP contribution in [0.2, 0.25) is 10.0 Å². The summed E-state index contributed by atoms with van der Waals surface area (Å²) in [5.74, 6) is 0.405. The van der Waals surface area contributed by atoms with Crippen molar-refractivity contribution in [2.45, 2.75) is 20.0 Å². The number of aliphatic hydroxyl groups excluding tert-OH is 2. The van der Waals surface area contributed by atoms with Gasteiger partial charge >= 0.3 is 0 Å². The predicted octanol–water partition coefficient (Wildman–Crippen LogP) is 3.85. The molecule has 1 aromatic carbocycles. The average Bonchev–Trinajstić information content (AvgIpc) is 3.05. The zero-order chi connectivity index (χ0) is 19.3. The van der Waals surface area contributed by atoms with Gasteiger partial charge in [0.15, 0.2) is 0 Å². The van der Waals surface area contributed by atoms with E-state index >= 15 is 0 Å². The molecule has 0 saturated heterocycles. The second kappa shape index (κ2) is 9.54. The van der Waals surface area contributed by atoms with Crippen LogP contribution in [0.3, 0.4) is 0 Å². The molecular formula is C18H21Cl2N2O3P. The van der Waals surface area contributed by atoms with E-state index in [1.54, 1.807) is 24.4 Å². The first-order valence-corrected chi connectivity index (χ1v) is 9.48. The number of pyridine rings is 1. The van der Waals surface area contributed by atoms with Gasteiger partial charge in [0.25, 0.3) is 0 Å². The molecule has 0 aliphatic heterocycles. The minimum absolute atomic E-state index is 0.122. The summed E-state index contributed by atoms with van der Waals surface area (Å²) in [7, 11) is 2.55. The minimum Gasteiger partial charge on any atom is -0.490 e. The van der Waals surface area contributed by atoms with Gasteiger partial charge in [-0.1, -0.05) is 43.1 Å². The Morgan fingerprint density at radius 3 is 2.73 bits per heavy atom. The fourth-order valence-electron chi connectivity index (χ4n) is 2.51. The van der Waals surface area contributed by atoms with Gasteiger partial charge in [-0.2, -0.15) is 0 Å². The van der Waals surface area contributed by atoms with Gasteiger partial charge in [0.05, 0.1) is 16.7 Å². The van der Waals surface area contributed by atoms with Crippen molar-refractivity contribution in [3.8, 4) is 5.75 Å². The molecule has 8 heteroatoms. The maximum atomic E-state index is 10.9. The first-order valence-electron chi connectivity index (χ1n) is 8.15. The molecule has 0 bridgehead atoms. The van der Waals surface area contributed by atoms with E-state index in [0.29, 0.717) is 32.6 Å². The normalized spacial score (nSPS) is 11.8. The second-order valence-corrected chi connectivity index (χ2v) is 6.59. The number of benzene rings is 1. The number of fused-ring (bicyclic) bond motifs is 1. The Morgan fingerprint density at radius 1 is 1.31 bits per heavy atom. The van der Waals surface area contributed by atoms with E-state index in [1.807, 2.05) is 13.8 Å². The lowest BCUT2D eigenvalue weighted by Gasteiger charge is -2.18. The number of halogens is 2. The van der Waals surface area contributed by atoms with Gasteiger partial charge < -0.3 is 19.9 Å². The molecule has 0 aliphatic carbocycles. The number of H-pyrrole nitrogens is 1. The van der Waals surface area contributed by atoms with E-state index in [0.717, 1.165) is 10.7 Å². The lowest BCUT2D eigenvalue weighted by molar-refractivity contribution is 0.199. The summed E-state index contributed by atoms with van der Waals surface area (Å²) >= 11 is 12.4. The summed E-state index contributed by atoms with van der Waals surface area (Å²) in [6.45, 7) is 4.00. The Balaban J connectivity index is 0.00000117. The fraction of sp³-hybridized carbons (Fsp3) is 0.278. The number of ether oxygens (including phenoxy) is 1. The van der Waals surface area contributed by atoms with Crippen LogP contribution in [0.15, 0.2) is 30.6 Å². The van der Waals surface area contributed by atoms with Crippen molar-refractivity contribution in [3.63, 3.8) is 0 Å². The lowest BCUT2D eigenvalue weighted by Crippen LogP contribution is -2.12. The molecule has 2 unspecified atom stereocenters. The number of nitrogens with zero attached hydrogens (tertiary/aromatic N) is 1. The first-order chi connectivity index (χ1) is 12.5. The van der Waals surface area contributed by atoms with Crippen molar-refractivity contribution in [3.05, 3.63) is 51.8 Å². The quantitative estimate of drug-likeness (QED) is 0.554. The molecule has 140 valence electrons. The molecule has 0 aliphatic rings. The van der Waals surface area contributed by atoms with Gasteiger partial charge in [-0.3, -0.25) is 0 Å². The molecule has 3 aromatic rings. The summed E-state index contributed by atoms with van der Waals surface area (Å²) in [6, 6.07) is 5.22. The van der Waals surface area contributed by atoms with Crippen LogP contribution in [0.4, 0.5) is 0 Å². The molecule has 0 spiro atoms. The third-order valence-corrected chi connectivity index (χ3v) is 4.72. The van der Waals surface area contributed by atoms with E-state index < -0.39 is 6.10 Å². The van der Waals surface area contributed by atoms with Crippen LogP contribution in [0, 0.1) is 0 Å². The Hall–Kier alpha value is -1.36. The summed E-state index contributed by atoms with van der Waals surface area (Å²) in [6.07, 6.45) is 2.23. The maximum Gasteiger partial charge on any atom is 0.138 e. The lowest BCUT2D eigenvalue weighted by atomic mass is 10.0. The summed E-state index contributed by atoms with van der Waals surface area (Å²) < 4.78 is 5.41. The van der Waals surface area contributed by atoms with Crippen molar-refractivity contribution in [2.75, 3.05) is 13.2 Å². The fourth-order valence-corrected chi connectivity index (χ4v) is 3.49. The Kier molecular flexibility index (Phi) is 7.69. The molecular weight excluding hydrogens is 394 g/mol. The molecule has 2 atom stereocenters. The number of aromatic nitrogens is 2. The van der Waals surface area contributed by atoms with Crippen LogP contribution in [0.25, 0.3) is 11.0 Å². The van der Waals surface area contributed by atoms with Crippen LogP contribution in [-0.2, 0) is 0 Å². The van der Waals surface area contributed by atoms with Gasteiger partial charge in [0.1, 0.15) is 24.1 Å². The summed E-state index contributed by atoms with van der Waals surface area (Å²) in [5.41, 5.74) is 1.76. The average molecular weight is 415 g/mol. The van der Waals surface area contributed by atoms with Gasteiger partial charge in [-0.05, 0) is 17.4 Å². The molecule has 0 amide bonds. The molecule has 26 heavy (non-hydrogen) atoms. The van der Waals surface area contributed by atoms with Gasteiger partial charge in [-0.25, -0.2) is 4.98 Å². The van der Waals surface area contributed by atoms with Gasteiger partial charge in [-0.15, -0.1) is 9.24 Å². The van der Waals surface area contributed by atoms with E-state index in [-0.39, 0.29) is 13.2 Å². The summed E-state index contributed by atoms with van der Waals surface area (Å²) in [5, 5.41) is 22.0. The number of nitrogens with one attached hydrogen (secondary N) is 1. The standard InChI is InChI=1S/C16H15Cl2N2O3P.C2H6/c17-8-5-9-10(7-20-16(9)19-6-8)15(22)13-12(24)2-1-11(14(13)18)23-4-3-21;1-2/h1-2,5-7,15,21-22H,3-4,24H2,(H,19,20);1-2H3. The van der Waals surface area contributed by atoms with Crippen LogP contribution in [0.5, 0.6) is 5.75 Å². The van der Waals surface area contributed by atoms with Crippen molar-refractivity contribution in [1.29, 1.82) is 0 Å².